The first-order valence-electron chi connectivity index (χ1n) is 11.5. The standard InChI is InChI=1S/C25H28F4N2O3/c1-33-23(32)18-3-5-20(21(26)13-18)22-6-4-19(14-30-22)34-15-17-7-11-31(12-8-17)16-24(9-2-10-24)25(27,28)29/h3-6,13-14,17H,2,7-12,15-16H2,1H3. The van der Waals surface area contributed by atoms with Crippen molar-refractivity contribution in [2.24, 2.45) is 11.3 Å². The van der Waals surface area contributed by atoms with Crippen molar-refractivity contribution in [3.05, 3.63) is 47.9 Å². The van der Waals surface area contributed by atoms with Crippen LogP contribution in [0.1, 0.15) is 42.5 Å². The summed E-state index contributed by atoms with van der Waals surface area (Å²) in [6.07, 6.45) is 0.0959. The number of ether oxygens (including phenoxy) is 2. The molecule has 0 atom stereocenters. The Bertz CT molecular complexity index is 998. The fraction of sp³-hybridized carbons (Fsp3) is 0.520. The lowest BCUT2D eigenvalue weighted by Gasteiger charge is -2.47. The number of esters is 1. The Morgan fingerprint density at radius 1 is 1.18 bits per heavy atom. The predicted molar refractivity (Wildman–Crippen MR) is 118 cm³/mol. The molecule has 0 N–H and O–H groups in total. The highest BCUT2D eigenvalue weighted by Crippen LogP contribution is 2.53. The van der Waals surface area contributed by atoms with Crippen LogP contribution in [0.5, 0.6) is 5.75 Å². The molecule has 2 fully saturated rings. The van der Waals surface area contributed by atoms with Crippen molar-refractivity contribution >= 4 is 5.97 Å². The minimum atomic E-state index is -4.13. The van der Waals surface area contributed by atoms with Gasteiger partial charge < -0.3 is 14.4 Å². The van der Waals surface area contributed by atoms with Gasteiger partial charge >= 0.3 is 12.1 Å². The van der Waals surface area contributed by atoms with Gasteiger partial charge in [0.25, 0.3) is 0 Å². The molecule has 4 rings (SSSR count). The summed E-state index contributed by atoms with van der Waals surface area (Å²) in [5, 5.41) is 0. The van der Waals surface area contributed by atoms with Crippen molar-refractivity contribution in [1.82, 2.24) is 9.88 Å². The van der Waals surface area contributed by atoms with Gasteiger partial charge in [0.15, 0.2) is 0 Å². The normalized spacial score (nSPS) is 18.9. The van der Waals surface area contributed by atoms with E-state index in [1.165, 1.54) is 25.4 Å². The quantitative estimate of drug-likeness (QED) is 0.387. The van der Waals surface area contributed by atoms with Crippen LogP contribution in [0.3, 0.4) is 0 Å². The number of hydrogen-bond donors (Lipinski definition) is 0. The summed E-state index contributed by atoms with van der Waals surface area (Å²) in [5.74, 6) is -0.383. The fourth-order valence-corrected chi connectivity index (χ4v) is 4.68. The minimum Gasteiger partial charge on any atom is -0.492 e. The Morgan fingerprint density at radius 3 is 2.44 bits per heavy atom. The van der Waals surface area contributed by atoms with E-state index in [4.69, 9.17) is 4.74 Å². The Kier molecular flexibility index (Phi) is 7.12. The van der Waals surface area contributed by atoms with Crippen molar-refractivity contribution in [2.75, 3.05) is 33.4 Å². The summed E-state index contributed by atoms with van der Waals surface area (Å²) in [4.78, 5) is 17.7. The zero-order valence-corrected chi connectivity index (χ0v) is 19.0. The molecule has 0 radical (unpaired) electrons. The van der Waals surface area contributed by atoms with Crippen LogP contribution >= 0.6 is 0 Å². The second-order valence-corrected chi connectivity index (χ2v) is 9.23. The second kappa shape index (κ2) is 9.90. The summed E-state index contributed by atoms with van der Waals surface area (Å²) in [6.45, 7) is 1.85. The van der Waals surface area contributed by atoms with Crippen LogP contribution in [0.2, 0.25) is 0 Å². The van der Waals surface area contributed by atoms with Crippen molar-refractivity contribution < 1.29 is 31.8 Å². The van der Waals surface area contributed by atoms with E-state index in [-0.39, 0.29) is 36.4 Å². The van der Waals surface area contributed by atoms with E-state index in [0.717, 1.165) is 18.9 Å². The van der Waals surface area contributed by atoms with Crippen molar-refractivity contribution in [3.63, 3.8) is 0 Å². The molecular weight excluding hydrogens is 452 g/mol. The number of pyridine rings is 1. The molecule has 1 aromatic carbocycles. The van der Waals surface area contributed by atoms with E-state index in [9.17, 15) is 22.4 Å². The Labute approximate surface area is 196 Å². The van der Waals surface area contributed by atoms with E-state index in [1.807, 2.05) is 4.90 Å². The van der Waals surface area contributed by atoms with Crippen LogP contribution < -0.4 is 4.74 Å². The maximum absolute atomic E-state index is 14.4. The molecule has 5 nitrogen and oxygen atoms in total. The first kappa shape index (κ1) is 24.4. The van der Waals surface area contributed by atoms with Gasteiger partial charge in [-0.2, -0.15) is 13.2 Å². The zero-order valence-electron chi connectivity index (χ0n) is 19.0. The third kappa shape index (κ3) is 5.19. The molecule has 2 aromatic rings. The molecule has 1 aliphatic carbocycles. The number of aromatic nitrogens is 1. The Hall–Kier alpha value is -2.68. The molecular formula is C25H28F4N2O3. The maximum Gasteiger partial charge on any atom is 0.395 e. The van der Waals surface area contributed by atoms with Crippen LogP contribution in [-0.2, 0) is 4.74 Å². The largest absolute Gasteiger partial charge is 0.492 e. The van der Waals surface area contributed by atoms with E-state index in [2.05, 4.69) is 9.72 Å². The highest BCUT2D eigenvalue weighted by Gasteiger charge is 2.58. The summed E-state index contributed by atoms with van der Waals surface area (Å²) in [6, 6.07) is 7.41. The zero-order chi connectivity index (χ0) is 24.3. The van der Waals surface area contributed by atoms with E-state index in [1.54, 1.807) is 12.1 Å². The second-order valence-electron chi connectivity index (χ2n) is 9.23. The van der Waals surface area contributed by atoms with Gasteiger partial charge in [0.2, 0.25) is 0 Å². The molecule has 2 heterocycles. The first-order valence-corrected chi connectivity index (χ1v) is 11.5. The molecule has 9 heteroatoms. The number of hydrogen-bond acceptors (Lipinski definition) is 5. The van der Waals surface area contributed by atoms with Crippen LogP contribution in [0, 0.1) is 17.2 Å². The van der Waals surface area contributed by atoms with Crippen LogP contribution in [-0.4, -0.2) is 55.4 Å². The topological polar surface area (TPSA) is 51.7 Å². The fourth-order valence-electron chi connectivity index (χ4n) is 4.68. The lowest BCUT2D eigenvalue weighted by atomic mass is 9.67. The van der Waals surface area contributed by atoms with Crippen molar-refractivity contribution in [3.8, 4) is 17.0 Å². The van der Waals surface area contributed by atoms with Crippen LogP contribution in [0.4, 0.5) is 17.6 Å². The van der Waals surface area contributed by atoms with Gasteiger partial charge in [-0.25, -0.2) is 9.18 Å². The summed E-state index contributed by atoms with van der Waals surface area (Å²) < 4.78 is 65.1. The average Bonchev–Trinajstić information content (AvgIpc) is 2.80. The molecule has 0 spiro atoms. The Morgan fingerprint density at radius 2 is 1.91 bits per heavy atom. The lowest BCUT2D eigenvalue weighted by molar-refractivity contribution is -0.256. The first-order chi connectivity index (χ1) is 16.2. The average molecular weight is 481 g/mol. The smallest absolute Gasteiger partial charge is 0.395 e. The molecule has 1 saturated heterocycles. The number of nitrogens with zero attached hydrogens (tertiary/aromatic N) is 2. The molecule has 34 heavy (non-hydrogen) atoms. The maximum atomic E-state index is 14.4. The molecule has 0 unspecified atom stereocenters. The number of alkyl halides is 3. The minimum absolute atomic E-state index is 0.104. The number of halogens is 4. The number of piperidine rings is 1. The molecule has 0 amide bonds. The predicted octanol–water partition coefficient (Wildman–Crippen LogP) is 5.50. The van der Waals surface area contributed by atoms with Gasteiger partial charge in [0.1, 0.15) is 11.6 Å². The summed E-state index contributed by atoms with van der Waals surface area (Å²) in [5.41, 5.74) is -0.724. The third-order valence-electron chi connectivity index (χ3n) is 7.03. The van der Waals surface area contributed by atoms with Gasteiger partial charge in [-0.15, -0.1) is 0 Å². The molecule has 1 aromatic heterocycles. The lowest BCUT2D eigenvalue weighted by Crippen LogP contribution is -2.53. The summed E-state index contributed by atoms with van der Waals surface area (Å²) in [7, 11) is 1.23. The molecule has 1 aliphatic heterocycles. The molecule has 184 valence electrons. The number of likely N-dealkylation sites (tertiary alicyclic amines) is 1. The molecule has 1 saturated carbocycles. The van der Waals surface area contributed by atoms with Crippen LogP contribution in [0.15, 0.2) is 36.5 Å². The molecule has 0 bridgehead atoms. The third-order valence-corrected chi connectivity index (χ3v) is 7.03. The van der Waals surface area contributed by atoms with E-state index in [0.29, 0.717) is 37.6 Å². The molecule has 2 aliphatic rings. The van der Waals surface area contributed by atoms with Gasteiger partial charge in [-0.3, -0.25) is 4.98 Å². The Balaban J connectivity index is 1.26. The monoisotopic (exact) mass is 480 g/mol. The number of benzene rings is 1. The van der Waals surface area contributed by atoms with Crippen molar-refractivity contribution in [2.45, 2.75) is 38.3 Å². The summed E-state index contributed by atoms with van der Waals surface area (Å²) >= 11 is 0. The van der Waals surface area contributed by atoms with Gasteiger partial charge in [0.05, 0.1) is 36.6 Å². The highest BCUT2D eigenvalue weighted by molar-refractivity contribution is 5.90. The number of carbonyl (C=O) groups is 1. The van der Waals surface area contributed by atoms with Gasteiger partial charge in [-0.1, -0.05) is 6.42 Å². The van der Waals surface area contributed by atoms with Crippen molar-refractivity contribution in [1.29, 1.82) is 0 Å². The number of rotatable bonds is 7. The van der Waals surface area contributed by atoms with E-state index < -0.39 is 23.4 Å². The van der Waals surface area contributed by atoms with Crippen LogP contribution in [0.25, 0.3) is 11.3 Å². The van der Waals surface area contributed by atoms with E-state index >= 15 is 0 Å². The number of carbonyl (C=O) groups excluding carboxylic acids is 1. The SMILES string of the molecule is COC(=O)c1ccc(-c2ccc(OCC3CCN(CC4(C(F)(F)F)CCC4)CC3)cn2)c(F)c1. The number of methoxy groups -OCH3 is 1. The highest BCUT2D eigenvalue weighted by atomic mass is 19.4. The van der Waals surface area contributed by atoms with Gasteiger partial charge in [0, 0.05) is 12.1 Å². The van der Waals surface area contributed by atoms with Gasteiger partial charge in [-0.05, 0) is 75.0 Å².